The molecule has 1 aromatic carbocycles. The second kappa shape index (κ2) is 3.36. The van der Waals surface area contributed by atoms with Crippen molar-refractivity contribution >= 4 is 37.8 Å². The average Bonchev–Trinajstić information content (AvgIpc) is 1.94. The molecule has 11 heavy (non-hydrogen) atoms. The second-order valence-electron chi connectivity index (χ2n) is 1.99. The molecule has 0 aliphatic heterocycles. The summed E-state index contributed by atoms with van der Waals surface area (Å²) < 4.78 is 1.56. The van der Waals surface area contributed by atoms with Crippen LogP contribution in [0.1, 0.15) is 10.4 Å². The van der Waals surface area contributed by atoms with E-state index in [9.17, 15) is 4.79 Å². The molecule has 0 unspecified atom stereocenters. The van der Waals surface area contributed by atoms with Crippen LogP contribution in [0, 0.1) is 0 Å². The molecule has 2 N–H and O–H groups in total. The van der Waals surface area contributed by atoms with Gasteiger partial charge in [-0.3, -0.25) is 4.79 Å². The highest BCUT2D eigenvalue weighted by atomic mass is 79.9. The molecule has 0 aromatic heterocycles. The Labute approximate surface area is 81.0 Å². The number of rotatable bonds is 1. The Hall–Kier alpha value is -0.350. The van der Waals surface area contributed by atoms with Gasteiger partial charge in [0.05, 0.1) is 5.56 Å². The Bertz CT molecular complexity index is 298. The number of primary amides is 1. The van der Waals surface area contributed by atoms with Crippen molar-refractivity contribution in [2.24, 2.45) is 5.73 Å². The quantitative estimate of drug-likeness (QED) is 0.842. The lowest BCUT2D eigenvalue weighted by Crippen LogP contribution is -2.11. The molecule has 0 heterocycles. The van der Waals surface area contributed by atoms with Crippen molar-refractivity contribution in [2.45, 2.75) is 0 Å². The standard InChI is InChI=1S/C7H5Br2NO/c8-4-1-2-6(9)5(3-4)7(10)11/h1-3H,(H2,10,11). The minimum absolute atomic E-state index is 0.432. The van der Waals surface area contributed by atoms with Gasteiger partial charge in [0.25, 0.3) is 0 Å². The predicted octanol–water partition coefficient (Wildman–Crippen LogP) is 2.31. The Kier molecular flexibility index (Phi) is 2.67. The topological polar surface area (TPSA) is 43.1 Å². The van der Waals surface area contributed by atoms with Crippen LogP contribution in [0.15, 0.2) is 27.1 Å². The summed E-state index contributed by atoms with van der Waals surface area (Å²) in [5.74, 6) is -0.432. The normalized spacial score (nSPS) is 9.64. The molecule has 1 aromatic rings. The van der Waals surface area contributed by atoms with Crippen molar-refractivity contribution in [1.82, 2.24) is 0 Å². The van der Waals surface area contributed by atoms with Gasteiger partial charge in [0.2, 0.25) is 5.91 Å². The summed E-state index contributed by atoms with van der Waals surface area (Å²) in [6, 6.07) is 5.27. The van der Waals surface area contributed by atoms with Gasteiger partial charge in [-0.1, -0.05) is 15.9 Å². The van der Waals surface area contributed by atoms with Crippen LogP contribution < -0.4 is 5.73 Å². The number of hydrogen-bond donors (Lipinski definition) is 1. The number of amides is 1. The van der Waals surface area contributed by atoms with Crippen LogP contribution in [0.3, 0.4) is 0 Å². The molecule has 0 aliphatic rings. The van der Waals surface area contributed by atoms with E-state index < -0.39 is 5.91 Å². The summed E-state index contributed by atoms with van der Waals surface area (Å²) in [4.78, 5) is 10.7. The molecule has 4 heteroatoms. The van der Waals surface area contributed by atoms with Crippen molar-refractivity contribution in [3.8, 4) is 0 Å². The Morgan fingerprint density at radius 3 is 2.45 bits per heavy atom. The van der Waals surface area contributed by atoms with Crippen LogP contribution in [0.2, 0.25) is 0 Å². The summed E-state index contributed by atoms with van der Waals surface area (Å²) in [5, 5.41) is 0. The van der Waals surface area contributed by atoms with Gasteiger partial charge in [0, 0.05) is 8.95 Å². The third kappa shape index (κ3) is 2.04. The molecular formula is C7H5Br2NO. The number of hydrogen-bond acceptors (Lipinski definition) is 1. The van der Waals surface area contributed by atoms with Gasteiger partial charge in [-0.2, -0.15) is 0 Å². The smallest absolute Gasteiger partial charge is 0.249 e. The van der Waals surface area contributed by atoms with E-state index in [0.717, 1.165) is 4.47 Å². The predicted molar refractivity (Wildman–Crippen MR) is 50.4 cm³/mol. The SMILES string of the molecule is NC(=O)c1cc(Br)ccc1Br. The van der Waals surface area contributed by atoms with Gasteiger partial charge in [-0.15, -0.1) is 0 Å². The second-order valence-corrected chi connectivity index (χ2v) is 3.76. The van der Waals surface area contributed by atoms with E-state index in [2.05, 4.69) is 31.9 Å². The summed E-state index contributed by atoms with van der Waals surface area (Å²) in [6.07, 6.45) is 0. The van der Waals surface area contributed by atoms with Gasteiger partial charge < -0.3 is 5.73 Å². The molecule has 1 amide bonds. The summed E-state index contributed by atoms with van der Waals surface area (Å²) in [7, 11) is 0. The summed E-state index contributed by atoms with van der Waals surface area (Å²) in [5.41, 5.74) is 5.58. The van der Waals surface area contributed by atoms with Crippen LogP contribution in [0.5, 0.6) is 0 Å². The summed E-state index contributed by atoms with van der Waals surface area (Å²) in [6.45, 7) is 0. The number of carbonyl (C=O) groups is 1. The van der Waals surface area contributed by atoms with Crippen molar-refractivity contribution in [3.63, 3.8) is 0 Å². The zero-order chi connectivity index (χ0) is 8.43. The first-order valence-electron chi connectivity index (χ1n) is 2.86. The van der Waals surface area contributed by atoms with Crippen LogP contribution in [-0.2, 0) is 0 Å². The highest BCUT2D eigenvalue weighted by Gasteiger charge is 2.04. The van der Waals surface area contributed by atoms with Gasteiger partial charge in [-0.25, -0.2) is 0 Å². The maximum atomic E-state index is 10.7. The van der Waals surface area contributed by atoms with E-state index in [1.54, 1.807) is 12.1 Å². The van der Waals surface area contributed by atoms with Crippen LogP contribution in [0.25, 0.3) is 0 Å². The fourth-order valence-electron chi connectivity index (χ4n) is 0.686. The van der Waals surface area contributed by atoms with Crippen molar-refractivity contribution in [3.05, 3.63) is 32.7 Å². The number of nitrogens with two attached hydrogens (primary N) is 1. The summed E-state index contributed by atoms with van der Waals surface area (Å²) >= 11 is 6.45. The first kappa shape index (κ1) is 8.74. The lowest BCUT2D eigenvalue weighted by molar-refractivity contribution is 0.0999. The minimum atomic E-state index is -0.432. The van der Waals surface area contributed by atoms with E-state index in [-0.39, 0.29) is 0 Å². The molecule has 0 spiro atoms. The van der Waals surface area contributed by atoms with Gasteiger partial charge in [0.1, 0.15) is 0 Å². The van der Waals surface area contributed by atoms with Crippen LogP contribution >= 0.6 is 31.9 Å². The molecule has 0 saturated carbocycles. The molecule has 0 atom stereocenters. The largest absolute Gasteiger partial charge is 0.366 e. The maximum Gasteiger partial charge on any atom is 0.249 e. The molecule has 0 saturated heterocycles. The molecule has 0 aliphatic carbocycles. The van der Waals surface area contributed by atoms with E-state index in [1.807, 2.05) is 6.07 Å². The lowest BCUT2D eigenvalue weighted by atomic mass is 10.2. The highest BCUT2D eigenvalue weighted by molar-refractivity contribution is 9.11. The first-order chi connectivity index (χ1) is 5.11. The Balaban J connectivity index is 3.23. The molecule has 1 rings (SSSR count). The molecular weight excluding hydrogens is 274 g/mol. The number of benzene rings is 1. The van der Waals surface area contributed by atoms with Crippen LogP contribution in [-0.4, -0.2) is 5.91 Å². The third-order valence-corrected chi connectivity index (χ3v) is 2.38. The fourth-order valence-corrected chi connectivity index (χ4v) is 1.49. The zero-order valence-corrected chi connectivity index (χ0v) is 8.65. The van der Waals surface area contributed by atoms with E-state index in [0.29, 0.717) is 10.0 Å². The Morgan fingerprint density at radius 1 is 1.36 bits per heavy atom. The Morgan fingerprint density at radius 2 is 2.00 bits per heavy atom. The molecule has 0 bridgehead atoms. The van der Waals surface area contributed by atoms with Gasteiger partial charge in [0.15, 0.2) is 0 Å². The van der Waals surface area contributed by atoms with Gasteiger partial charge in [-0.05, 0) is 34.1 Å². The molecule has 2 nitrogen and oxygen atoms in total. The average molecular weight is 279 g/mol. The monoisotopic (exact) mass is 277 g/mol. The molecule has 0 fully saturated rings. The third-order valence-electron chi connectivity index (χ3n) is 1.19. The van der Waals surface area contributed by atoms with Crippen molar-refractivity contribution in [1.29, 1.82) is 0 Å². The van der Waals surface area contributed by atoms with Gasteiger partial charge >= 0.3 is 0 Å². The lowest BCUT2D eigenvalue weighted by Gasteiger charge is -1.98. The molecule has 0 radical (unpaired) electrons. The van der Waals surface area contributed by atoms with Crippen molar-refractivity contribution < 1.29 is 4.79 Å². The highest BCUT2D eigenvalue weighted by Crippen LogP contribution is 2.20. The molecule has 58 valence electrons. The fraction of sp³-hybridized carbons (Fsp3) is 0. The van der Waals surface area contributed by atoms with Crippen molar-refractivity contribution in [2.75, 3.05) is 0 Å². The minimum Gasteiger partial charge on any atom is -0.366 e. The van der Waals surface area contributed by atoms with E-state index >= 15 is 0 Å². The van der Waals surface area contributed by atoms with Crippen LogP contribution in [0.4, 0.5) is 0 Å². The number of halogens is 2. The zero-order valence-electron chi connectivity index (χ0n) is 5.47. The maximum absolute atomic E-state index is 10.7. The van der Waals surface area contributed by atoms with E-state index in [1.165, 1.54) is 0 Å². The number of carbonyl (C=O) groups excluding carboxylic acids is 1. The first-order valence-corrected chi connectivity index (χ1v) is 4.44. The van der Waals surface area contributed by atoms with E-state index in [4.69, 9.17) is 5.73 Å².